The first kappa shape index (κ1) is 16.6. The Morgan fingerprint density at radius 2 is 2.16 bits per heavy atom. The van der Waals surface area contributed by atoms with E-state index in [-0.39, 0.29) is 5.91 Å². The number of furan rings is 1. The van der Waals surface area contributed by atoms with Crippen molar-refractivity contribution in [1.82, 2.24) is 10.4 Å². The molecule has 3 aromatic rings. The highest BCUT2D eigenvalue weighted by atomic mass is 16.3. The lowest BCUT2D eigenvalue weighted by Gasteiger charge is -2.08. The normalized spacial score (nSPS) is 11.6. The highest BCUT2D eigenvalue weighted by molar-refractivity contribution is 6.06. The summed E-state index contributed by atoms with van der Waals surface area (Å²) in [6.45, 7) is 2.09. The molecule has 0 aliphatic rings. The number of allylic oxidation sites excluding steroid dienone is 1. The molecule has 0 atom stereocenters. The highest BCUT2D eigenvalue weighted by Crippen LogP contribution is 2.19. The number of benzene rings is 1. The average molecular weight is 333 g/mol. The topological polar surface area (TPSA) is 67.5 Å². The number of aryl methyl sites for hydroxylation is 1. The number of aromatic nitrogens is 1. The summed E-state index contributed by atoms with van der Waals surface area (Å²) < 4.78 is 5.17. The second-order valence-electron chi connectivity index (χ2n) is 5.52. The van der Waals surface area contributed by atoms with Crippen molar-refractivity contribution in [3.8, 4) is 0 Å². The molecule has 0 spiro atoms. The van der Waals surface area contributed by atoms with Crippen LogP contribution in [-0.4, -0.2) is 17.1 Å². The maximum Gasteiger partial charge on any atom is 0.272 e. The van der Waals surface area contributed by atoms with Gasteiger partial charge >= 0.3 is 0 Å². The quantitative estimate of drug-likeness (QED) is 0.543. The molecule has 0 bridgehead atoms. The number of carbonyl (C=O) groups excluding carboxylic acids is 1. The van der Waals surface area contributed by atoms with Gasteiger partial charge in [-0.3, -0.25) is 9.78 Å². The van der Waals surface area contributed by atoms with Gasteiger partial charge in [0.1, 0.15) is 5.76 Å². The molecule has 1 amide bonds. The molecule has 1 N–H and O–H groups in total. The van der Waals surface area contributed by atoms with Gasteiger partial charge in [-0.25, -0.2) is 5.43 Å². The molecule has 0 radical (unpaired) electrons. The minimum atomic E-state index is -0.251. The number of hydrazone groups is 1. The number of hydrogen-bond acceptors (Lipinski definition) is 4. The van der Waals surface area contributed by atoms with Gasteiger partial charge in [-0.2, -0.15) is 5.10 Å². The zero-order valence-corrected chi connectivity index (χ0v) is 14.0. The number of carbonyl (C=O) groups is 1. The SMILES string of the molecule is CCCc1cc(C(=O)N/N=C/C=C/c2ccco2)c2ccccc2n1. The summed E-state index contributed by atoms with van der Waals surface area (Å²) in [6, 6.07) is 13.1. The van der Waals surface area contributed by atoms with Gasteiger partial charge in [0.25, 0.3) is 5.91 Å². The molecule has 5 nitrogen and oxygen atoms in total. The van der Waals surface area contributed by atoms with Crippen LogP contribution in [0.2, 0.25) is 0 Å². The first-order valence-corrected chi connectivity index (χ1v) is 8.20. The third-order valence-electron chi connectivity index (χ3n) is 3.65. The van der Waals surface area contributed by atoms with E-state index in [1.165, 1.54) is 6.21 Å². The average Bonchev–Trinajstić information content (AvgIpc) is 3.14. The standard InChI is InChI=1S/C20H19N3O2/c1-2-7-15-14-18(17-10-3-4-11-19(17)22-15)20(24)23-21-12-5-8-16-9-6-13-25-16/h3-6,8-14H,2,7H2,1H3,(H,23,24)/b8-5+,21-12+. The summed E-state index contributed by atoms with van der Waals surface area (Å²) in [5.41, 5.74) is 4.88. The number of pyridine rings is 1. The second-order valence-corrected chi connectivity index (χ2v) is 5.52. The smallest absolute Gasteiger partial charge is 0.272 e. The summed E-state index contributed by atoms with van der Waals surface area (Å²) in [7, 11) is 0. The second kappa shape index (κ2) is 8.06. The van der Waals surface area contributed by atoms with Crippen molar-refractivity contribution < 1.29 is 9.21 Å². The van der Waals surface area contributed by atoms with Crippen LogP contribution in [0.25, 0.3) is 17.0 Å². The number of rotatable bonds is 6. The van der Waals surface area contributed by atoms with Crippen molar-refractivity contribution in [2.24, 2.45) is 5.10 Å². The van der Waals surface area contributed by atoms with Gasteiger partial charge in [-0.15, -0.1) is 0 Å². The molecule has 126 valence electrons. The van der Waals surface area contributed by atoms with E-state index in [9.17, 15) is 4.79 Å². The third-order valence-corrected chi connectivity index (χ3v) is 3.65. The van der Waals surface area contributed by atoms with E-state index in [1.807, 2.05) is 36.4 Å². The number of fused-ring (bicyclic) bond motifs is 1. The van der Waals surface area contributed by atoms with Crippen molar-refractivity contribution in [3.63, 3.8) is 0 Å². The lowest BCUT2D eigenvalue weighted by Crippen LogP contribution is -2.18. The number of nitrogens with one attached hydrogen (secondary N) is 1. The van der Waals surface area contributed by atoms with Crippen molar-refractivity contribution in [3.05, 3.63) is 71.8 Å². The van der Waals surface area contributed by atoms with Gasteiger partial charge in [-0.1, -0.05) is 31.5 Å². The fourth-order valence-electron chi connectivity index (χ4n) is 2.53. The maximum absolute atomic E-state index is 12.5. The Balaban J connectivity index is 1.76. The van der Waals surface area contributed by atoms with Gasteiger partial charge in [-0.05, 0) is 42.8 Å². The summed E-state index contributed by atoms with van der Waals surface area (Å²) in [4.78, 5) is 17.1. The molecule has 1 aromatic carbocycles. The summed E-state index contributed by atoms with van der Waals surface area (Å²) in [5, 5.41) is 4.78. The van der Waals surface area contributed by atoms with Crippen LogP contribution in [0, 0.1) is 0 Å². The lowest BCUT2D eigenvalue weighted by molar-refractivity contribution is 0.0956. The number of para-hydroxylation sites is 1. The Morgan fingerprint density at radius 3 is 2.96 bits per heavy atom. The van der Waals surface area contributed by atoms with Gasteiger partial charge in [0, 0.05) is 17.3 Å². The Kier molecular flexibility index (Phi) is 5.36. The van der Waals surface area contributed by atoms with Crippen molar-refractivity contribution >= 4 is 29.1 Å². The van der Waals surface area contributed by atoms with Gasteiger partial charge in [0.2, 0.25) is 0 Å². The van der Waals surface area contributed by atoms with Crippen LogP contribution in [0.5, 0.6) is 0 Å². The van der Waals surface area contributed by atoms with Gasteiger partial charge in [0.15, 0.2) is 0 Å². The fourth-order valence-corrected chi connectivity index (χ4v) is 2.53. The van der Waals surface area contributed by atoms with E-state index in [4.69, 9.17) is 4.42 Å². The molecule has 2 heterocycles. The van der Waals surface area contributed by atoms with Crippen LogP contribution < -0.4 is 5.43 Å². The first-order chi connectivity index (χ1) is 12.3. The first-order valence-electron chi connectivity index (χ1n) is 8.20. The molecule has 0 unspecified atom stereocenters. The van der Waals surface area contributed by atoms with Crippen LogP contribution in [-0.2, 0) is 6.42 Å². The Morgan fingerprint density at radius 1 is 1.28 bits per heavy atom. The van der Waals surface area contributed by atoms with Crippen molar-refractivity contribution in [2.45, 2.75) is 19.8 Å². The maximum atomic E-state index is 12.5. The number of nitrogens with zero attached hydrogens (tertiary/aromatic N) is 2. The minimum absolute atomic E-state index is 0.251. The Labute approximate surface area is 146 Å². The Bertz CT molecular complexity index is 912. The van der Waals surface area contributed by atoms with Gasteiger partial charge < -0.3 is 4.42 Å². The van der Waals surface area contributed by atoms with E-state index in [1.54, 1.807) is 24.5 Å². The van der Waals surface area contributed by atoms with E-state index in [2.05, 4.69) is 22.4 Å². The molecular weight excluding hydrogens is 314 g/mol. The molecule has 0 aliphatic carbocycles. The summed E-state index contributed by atoms with van der Waals surface area (Å²) >= 11 is 0. The highest BCUT2D eigenvalue weighted by Gasteiger charge is 2.12. The summed E-state index contributed by atoms with van der Waals surface area (Å²) in [6.07, 6.45) is 8.38. The van der Waals surface area contributed by atoms with Crippen LogP contribution in [0.1, 0.15) is 35.2 Å². The fraction of sp³-hybridized carbons (Fsp3) is 0.150. The lowest BCUT2D eigenvalue weighted by atomic mass is 10.1. The van der Waals surface area contributed by atoms with Crippen molar-refractivity contribution in [2.75, 3.05) is 0 Å². The van der Waals surface area contributed by atoms with E-state index in [0.29, 0.717) is 5.56 Å². The van der Waals surface area contributed by atoms with E-state index in [0.717, 1.165) is 35.2 Å². The zero-order chi connectivity index (χ0) is 17.5. The monoisotopic (exact) mass is 333 g/mol. The predicted octanol–water partition coefficient (Wildman–Crippen LogP) is 4.21. The predicted molar refractivity (Wildman–Crippen MR) is 99.4 cm³/mol. The molecule has 2 aromatic heterocycles. The molecule has 0 aliphatic heterocycles. The molecule has 0 saturated heterocycles. The third kappa shape index (κ3) is 4.20. The largest absolute Gasteiger partial charge is 0.465 e. The Hall–Kier alpha value is -3.21. The molecule has 25 heavy (non-hydrogen) atoms. The van der Waals surface area contributed by atoms with Crippen LogP contribution in [0.3, 0.4) is 0 Å². The molecule has 5 heteroatoms. The number of amides is 1. The van der Waals surface area contributed by atoms with E-state index < -0.39 is 0 Å². The number of hydrogen-bond donors (Lipinski definition) is 1. The van der Waals surface area contributed by atoms with Crippen LogP contribution >= 0.6 is 0 Å². The molecular formula is C20H19N3O2. The molecule has 3 rings (SSSR count). The molecule has 0 saturated carbocycles. The van der Waals surface area contributed by atoms with E-state index >= 15 is 0 Å². The zero-order valence-electron chi connectivity index (χ0n) is 14.0. The van der Waals surface area contributed by atoms with Gasteiger partial charge in [0.05, 0.1) is 17.3 Å². The van der Waals surface area contributed by atoms with Crippen LogP contribution in [0.4, 0.5) is 0 Å². The van der Waals surface area contributed by atoms with Crippen LogP contribution in [0.15, 0.2) is 64.3 Å². The molecule has 0 fully saturated rings. The summed E-state index contributed by atoms with van der Waals surface area (Å²) in [5.74, 6) is 0.473. The minimum Gasteiger partial charge on any atom is -0.465 e. The van der Waals surface area contributed by atoms with Crippen molar-refractivity contribution in [1.29, 1.82) is 0 Å².